The third kappa shape index (κ3) is 6.64. The lowest BCUT2D eigenvalue weighted by molar-refractivity contribution is 0.168. The molecule has 1 rings (SSSR count). The summed E-state index contributed by atoms with van der Waals surface area (Å²) < 4.78 is 8.93. The second-order valence-electron chi connectivity index (χ2n) is 3.18. The summed E-state index contributed by atoms with van der Waals surface area (Å²) in [5, 5.41) is 15.0. The molecule has 0 bridgehead atoms. The summed E-state index contributed by atoms with van der Waals surface area (Å²) >= 11 is 0. The molecule has 10 nitrogen and oxygen atoms in total. The third-order valence-electron chi connectivity index (χ3n) is 1.69. The molecule has 106 valence electrons. The van der Waals surface area contributed by atoms with Gasteiger partial charge in [0, 0.05) is 0 Å². The molecule has 0 saturated heterocycles. The van der Waals surface area contributed by atoms with Crippen LogP contribution in [0.4, 0.5) is 9.59 Å². The molecule has 0 aliphatic rings. The molecule has 0 saturated carbocycles. The predicted octanol–water partition coefficient (Wildman–Crippen LogP) is -0.516. The number of rotatable bonds is 6. The first-order valence-electron chi connectivity index (χ1n) is 5.33. The van der Waals surface area contributed by atoms with Gasteiger partial charge in [-0.25, -0.2) is 9.59 Å². The number of carbonyl (C=O) groups excluding carboxylic acids is 2. The zero-order valence-electron chi connectivity index (χ0n) is 10.3. The quantitative estimate of drug-likeness (QED) is 0.704. The maximum atomic E-state index is 10.3. The number of primary amides is 2. The van der Waals surface area contributed by atoms with E-state index < -0.39 is 12.2 Å². The lowest BCUT2D eigenvalue weighted by Crippen LogP contribution is -2.12. The smallest absolute Gasteiger partial charge is 0.404 e. The van der Waals surface area contributed by atoms with Gasteiger partial charge in [0.15, 0.2) is 11.6 Å². The lowest BCUT2D eigenvalue weighted by atomic mass is 10.5. The Labute approximate surface area is 113 Å². The standard InChI is InChI=1S/C10H12N6O4/c11-9(17)19-5-1-3-7-13-15-8(16-14-7)4-2-6-20-10(12)18/h1-4H,5-6H2,(H2,11,17)(H2,12,18)/b3-1-,4-2-. The zero-order chi connectivity index (χ0) is 14.8. The number of carbonyl (C=O) groups is 2. The van der Waals surface area contributed by atoms with Gasteiger partial charge >= 0.3 is 12.2 Å². The van der Waals surface area contributed by atoms with E-state index in [-0.39, 0.29) is 24.9 Å². The molecule has 0 aliphatic heterocycles. The van der Waals surface area contributed by atoms with Gasteiger partial charge in [-0.05, 0) is 24.3 Å². The van der Waals surface area contributed by atoms with E-state index in [0.29, 0.717) is 0 Å². The van der Waals surface area contributed by atoms with Gasteiger partial charge in [-0.2, -0.15) is 0 Å². The Hall–Kier alpha value is -3.04. The highest BCUT2D eigenvalue weighted by Gasteiger charge is 1.96. The number of hydrogen-bond acceptors (Lipinski definition) is 8. The van der Waals surface area contributed by atoms with Crippen molar-refractivity contribution in [1.82, 2.24) is 20.4 Å². The van der Waals surface area contributed by atoms with Crippen LogP contribution >= 0.6 is 0 Å². The largest absolute Gasteiger partial charge is 0.445 e. The van der Waals surface area contributed by atoms with Crippen molar-refractivity contribution in [3.8, 4) is 0 Å². The molecule has 4 N–H and O–H groups in total. The first-order chi connectivity index (χ1) is 9.58. The summed E-state index contributed by atoms with van der Waals surface area (Å²) in [5.41, 5.74) is 9.54. The van der Waals surface area contributed by atoms with Crippen LogP contribution in [0.1, 0.15) is 11.6 Å². The maximum Gasteiger partial charge on any atom is 0.404 e. The van der Waals surface area contributed by atoms with E-state index in [1.54, 1.807) is 0 Å². The average Bonchev–Trinajstić information content (AvgIpc) is 2.41. The molecule has 1 aromatic rings. The summed E-state index contributed by atoms with van der Waals surface area (Å²) in [7, 11) is 0. The molecule has 2 amide bonds. The summed E-state index contributed by atoms with van der Waals surface area (Å²) in [5.74, 6) is 0.479. The van der Waals surface area contributed by atoms with Gasteiger partial charge in [-0.3, -0.25) is 0 Å². The minimum Gasteiger partial charge on any atom is -0.445 e. The molecule has 1 heterocycles. The van der Waals surface area contributed by atoms with Crippen LogP contribution in [-0.2, 0) is 9.47 Å². The van der Waals surface area contributed by atoms with Crippen LogP contribution < -0.4 is 11.5 Å². The molecular weight excluding hydrogens is 268 g/mol. The van der Waals surface area contributed by atoms with Gasteiger partial charge in [-0.15, -0.1) is 20.4 Å². The average molecular weight is 280 g/mol. The number of hydrogen-bond donors (Lipinski definition) is 2. The highest BCUT2D eigenvalue weighted by atomic mass is 16.5. The van der Waals surface area contributed by atoms with Gasteiger partial charge in [0.1, 0.15) is 13.2 Å². The summed E-state index contributed by atoms with van der Waals surface area (Å²) in [6.45, 7) is 0.00953. The topological polar surface area (TPSA) is 156 Å². The molecule has 20 heavy (non-hydrogen) atoms. The van der Waals surface area contributed by atoms with Gasteiger partial charge in [0.2, 0.25) is 0 Å². The van der Waals surface area contributed by atoms with Gasteiger partial charge in [-0.1, -0.05) is 0 Å². The first-order valence-corrected chi connectivity index (χ1v) is 5.33. The first kappa shape index (κ1) is 15.0. The Morgan fingerprint density at radius 3 is 1.50 bits per heavy atom. The van der Waals surface area contributed by atoms with Crippen molar-refractivity contribution in [1.29, 1.82) is 0 Å². The maximum absolute atomic E-state index is 10.3. The van der Waals surface area contributed by atoms with Crippen LogP contribution in [0.5, 0.6) is 0 Å². The van der Waals surface area contributed by atoms with E-state index in [2.05, 4.69) is 29.9 Å². The van der Waals surface area contributed by atoms with Crippen LogP contribution in [0.15, 0.2) is 12.2 Å². The Morgan fingerprint density at radius 2 is 1.20 bits per heavy atom. The molecule has 0 atom stereocenters. The van der Waals surface area contributed by atoms with Gasteiger partial charge in [0.05, 0.1) is 0 Å². The molecule has 0 spiro atoms. The number of nitrogens with two attached hydrogens (primary N) is 2. The Bertz CT molecular complexity index is 466. The molecule has 0 fully saturated rings. The molecular formula is C10H12N6O4. The number of nitrogens with zero attached hydrogens (tertiary/aromatic N) is 4. The molecule has 0 aromatic carbocycles. The number of ether oxygens (including phenoxy) is 2. The van der Waals surface area contributed by atoms with Crippen molar-refractivity contribution in [2.24, 2.45) is 11.5 Å². The highest BCUT2D eigenvalue weighted by molar-refractivity contribution is 5.65. The number of aromatic nitrogens is 4. The van der Waals surface area contributed by atoms with Gasteiger partial charge < -0.3 is 20.9 Å². The van der Waals surface area contributed by atoms with Crippen LogP contribution in [0, 0.1) is 0 Å². The number of amides is 2. The van der Waals surface area contributed by atoms with E-state index in [1.165, 1.54) is 24.3 Å². The fourth-order valence-corrected chi connectivity index (χ4v) is 0.946. The van der Waals surface area contributed by atoms with E-state index in [1.807, 2.05) is 0 Å². The van der Waals surface area contributed by atoms with E-state index in [9.17, 15) is 9.59 Å². The van der Waals surface area contributed by atoms with Crippen molar-refractivity contribution < 1.29 is 19.1 Å². The van der Waals surface area contributed by atoms with Crippen molar-refractivity contribution in [2.45, 2.75) is 0 Å². The summed E-state index contributed by atoms with van der Waals surface area (Å²) in [6, 6.07) is 0. The minimum atomic E-state index is -0.870. The van der Waals surface area contributed by atoms with E-state index in [4.69, 9.17) is 11.5 Å². The Kier molecular flexibility index (Phi) is 6.11. The SMILES string of the molecule is NC(=O)OC/C=C\c1nnc(/C=C\COC(N)=O)nn1. The van der Waals surface area contributed by atoms with Crippen molar-refractivity contribution in [3.63, 3.8) is 0 Å². The normalized spacial score (nSPS) is 10.8. The molecule has 0 aliphatic carbocycles. The fourth-order valence-electron chi connectivity index (χ4n) is 0.946. The lowest BCUT2D eigenvalue weighted by Gasteiger charge is -1.95. The van der Waals surface area contributed by atoms with Crippen LogP contribution in [0.3, 0.4) is 0 Å². The monoisotopic (exact) mass is 280 g/mol. The predicted molar refractivity (Wildman–Crippen MR) is 66.8 cm³/mol. The summed E-state index contributed by atoms with van der Waals surface area (Å²) in [4.78, 5) is 20.6. The minimum absolute atomic E-state index is 0.00477. The summed E-state index contributed by atoms with van der Waals surface area (Å²) in [6.07, 6.45) is 4.16. The van der Waals surface area contributed by atoms with Gasteiger partial charge in [0.25, 0.3) is 0 Å². The Morgan fingerprint density at radius 1 is 0.850 bits per heavy atom. The zero-order valence-corrected chi connectivity index (χ0v) is 10.3. The second-order valence-corrected chi connectivity index (χ2v) is 3.18. The fraction of sp³-hybridized carbons (Fsp3) is 0.200. The molecule has 0 radical (unpaired) electrons. The van der Waals surface area contributed by atoms with Crippen LogP contribution in [0.25, 0.3) is 12.2 Å². The van der Waals surface area contributed by atoms with Crippen molar-refractivity contribution >= 4 is 24.3 Å². The third-order valence-corrected chi connectivity index (χ3v) is 1.69. The molecule has 1 aromatic heterocycles. The second kappa shape index (κ2) is 8.13. The molecule has 10 heteroatoms. The molecule has 0 unspecified atom stereocenters. The van der Waals surface area contributed by atoms with Crippen LogP contribution in [-0.4, -0.2) is 45.8 Å². The van der Waals surface area contributed by atoms with Crippen molar-refractivity contribution in [3.05, 3.63) is 23.8 Å². The van der Waals surface area contributed by atoms with E-state index >= 15 is 0 Å². The van der Waals surface area contributed by atoms with Crippen molar-refractivity contribution in [2.75, 3.05) is 13.2 Å². The Balaban J connectivity index is 2.43. The highest BCUT2D eigenvalue weighted by Crippen LogP contribution is 1.93. The van der Waals surface area contributed by atoms with Crippen LogP contribution in [0.2, 0.25) is 0 Å². The van der Waals surface area contributed by atoms with E-state index in [0.717, 1.165) is 0 Å².